The lowest BCUT2D eigenvalue weighted by Gasteiger charge is -2.14. The molecule has 2 N–H and O–H groups in total. The monoisotopic (exact) mass is 211 g/mol. The quantitative estimate of drug-likeness (QED) is 0.750. The number of hydrogen-bond donors (Lipinski definition) is 1. The van der Waals surface area contributed by atoms with E-state index in [9.17, 15) is 0 Å². The van der Waals surface area contributed by atoms with Crippen LogP contribution in [0.3, 0.4) is 0 Å². The van der Waals surface area contributed by atoms with E-state index in [1.807, 2.05) is 12.1 Å². The van der Waals surface area contributed by atoms with Crippen molar-refractivity contribution in [2.24, 2.45) is 5.73 Å². The van der Waals surface area contributed by atoms with Gasteiger partial charge < -0.3 is 5.73 Å². The van der Waals surface area contributed by atoms with E-state index in [0.717, 1.165) is 31.7 Å². The Morgan fingerprint density at radius 2 is 2.43 bits per heavy atom. The van der Waals surface area contributed by atoms with Gasteiger partial charge in [0.2, 0.25) is 0 Å². The van der Waals surface area contributed by atoms with E-state index in [1.165, 1.54) is 0 Å². The summed E-state index contributed by atoms with van der Waals surface area (Å²) in [5.74, 6) is 0. The number of halogens is 1. The molecular formula is C10H14ClN3. The van der Waals surface area contributed by atoms with Gasteiger partial charge in [-0.05, 0) is 18.6 Å². The molecule has 2 rings (SSSR count). The van der Waals surface area contributed by atoms with Crippen LogP contribution in [-0.2, 0) is 6.54 Å². The molecule has 1 unspecified atom stereocenters. The third-order valence-corrected chi connectivity index (χ3v) is 2.68. The number of nitrogens with zero attached hydrogens (tertiary/aromatic N) is 2. The van der Waals surface area contributed by atoms with Crippen LogP contribution in [0.2, 0.25) is 5.15 Å². The first-order valence-electron chi connectivity index (χ1n) is 4.83. The summed E-state index contributed by atoms with van der Waals surface area (Å²) in [5.41, 5.74) is 6.84. The molecule has 1 aromatic heterocycles. The molecule has 76 valence electrons. The maximum Gasteiger partial charge on any atom is 0.129 e. The summed E-state index contributed by atoms with van der Waals surface area (Å²) in [6, 6.07) is 6.05. The molecule has 1 aliphatic heterocycles. The normalized spacial score (nSPS) is 22.9. The van der Waals surface area contributed by atoms with Crippen molar-refractivity contribution in [1.82, 2.24) is 9.88 Å². The van der Waals surface area contributed by atoms with Gasteiger partial charge in [-0.15, -0.1) is 0 Å². The molecule has 4 heteroatoms. The molecule has 1 aliphatic rings. The molecule has 1 fully saturated rings. The fourth-order valence-electron chi connectivity index (χ4n) is 1.77. The van der Waals surface area contributed by atoms with Crippen molar-refractivity contribution >= 4 is 11.6 Å². The van der Waals surface area contributed by atoms with Crippen molar-refractivity contribution in [2.75, 3.05) is 13.1 Å². The molecule has 0 radical (unpaired) electrons. The van der Waals surface area contributed by atoms with E-state index in [-0.39, 0.29) is 0 Å². The Morgan fingerprint density at radius 1 is 1.57 bits per heavy atom. The van der Waals surface area contributed by atoms with Crippen LogP contribution >= 0.6 is 11.6 Å². The number of nitrogens with two attached hydrogens (primary N) is 1. The zero-order valence-corrected chi connectivity index (χ0v) is 8.74. The predicted octanol–water partition coefficient (Wildman–Crippen LogP) is 1.27. The molecule has 0 amide bonds. The second-order valence-electron chi connectivity index (χ2n) is 3.74. The van der Waals surface area contributed by atoms with Crippen LogP contribution in [0.15, 0.2) is 18.2 Å². The summed E-state index contributed by atoms with van der Waals surface area (Å²) in [6.07, 6.45) is 1.08. The van der Waals surface area contributed by atoms with E-state index in [1.54, 1.807) is 6.07 Å². The first-order chi connectivity index (χ1) is 6.74. The van der Waals surface area contributed by atoms with Crippen molar-refractivity contribution in [3.63, 3.8) is 0 Å². The Balaban J connectivity index is 1.97. The standard InChI is InChI=1S/C10H14ClN3/c11-10-3-1-2-9(13-10)7-14-5-4-8(12)6-14/h1-3,8H,4-7,12H2. The van der Waals surface area contributed by atoms with Gasteiger partial charge in [0.05, 0.1) is 5.69 Å². The van der Waals surface area contributed by atoms with Gasteiger partial charge in [0.15, 0.2) is 0 Å². The van der Waals surface area contributed by atoms with E-state index >= 15 is 0 Å². The van der Waals surface area contributed by atoms with Crippen molar-refractivity contribution in [1.29, 1.82) is 0 Å². The van der Waals surface area contributed by atoms with Crippen LogP contribution in [0.5, 0.6) is 0 Å². The second kappa shape index (κ2) is 4.26. The smallest absolute Gasteiger partial charge is 0.129 e. The summed E-state index contributed by atoms with van der Waals surface area (Å²) < 4.78 is 0. The fraction of sp³-hybridized carbons (Fsp3) is 0.500. The summed E-state index contributed by atoms with van der Waals surface area (Å²) >= 11 is 5.80. The molecule has 0 saturated carbocycles. The molecule has 1 aromatic rings. The third kappa shape index (κ3) is 2.44. The molecule has 2 heterocycles. The maximum absolute atomic E-state index is 5.82. The van der Waals surface area contributed by atoms with Gasteiger partial charge in [-0.1, -0.05) is 17.7 Å². The zero-order valence-electron chi connectivity index (χ0n) is 7.99. The third-order valence-electron chi connectivity index (χ3n) is 2.47. The van der Waals surface area contributed by atoms with Crippen LogP contribution in [0.1, 0.15) is 12.1 Å². The highest BCUT2D eigenvalue weighted by Crippen LogP contribution is 2.12. The maximum atomic E-state index is 5.82. The Morgan fingerprint density at radius 3 is 3.07 bits per heavy atom. The Labute approximate surface area is 88.9 Å². The van der Waals surface area contributed by atoms with Crippen LogP contribution in [0.25, 0.3) is 0 Å². The lowest BCUT2D eigenvalue weighted by Crippen LogP contribution is -2.26. The van der Waals surface area contributed by atoms with Crippen molar-refractivity contribution in [3.8, 4) is 0 Å². The van der Waals surface area contributed by atoms with Gasteiger partial charge in [-0.3, -0.25) is 4.90 Å². The van der Waals surface area contributed by atoms with Gasteiger partial charge in [0, 0.05) is 25.7 Å². The average molecular weight is 212 g/mol. The minimum Gasteiger partial charge on any atom is -0.326 e. The number of rotatable bonds is 2. The first-order valence-corrected chi connectivity index (χ1v) is 5.21. The molecule has 1 saturated heterocycles. The highest BCUT2D eigenvalue weighted by Gasteiger charge is 2.19. The zero-order chi connectivity index (χ0) is 9.97. The van der Waals surface area contributed by atoms with E-state index in [0.29, 0.717) is 11.2 Å². The summed E-state index contributed by atoms with van der Waals surface area (Å²) in [5, 5.41) is 0.561. The largest absolute Gasteiger partial charge is 0.326 e. The van der Waals surface area contributed by atoms with Crippen molar-refractivity contribution in [3.05, 3.63) is 29.0 Å². The molecular weight excluding hydrogens is 198 g/mol. The average Bonchev–Trinajstić information content (AvgIpc) is 2.51. The Kier molecular flexibility index (Phi) is 3.01. The van der Waals surface area contributed by atoms with Gasteiger partial charge in [-0.2, -0.15) is 0 Å². The number of likely N-dealkylation sites (tertiary alicyclic amines) is 1. The van der Waals surface area contributed by atoms with E-state index < -0.39 is 0 Å². The lowest BCUT2D eigenvalue weighted by molar-refractivity contribution is 0.323. The predicted molar refractivity (Wildman–Crippen MR) is 57.1 cm³/mol. The number of hydrogen-bond acceptors (Lipinski definition) is 3. The summed E-state index contributed by atoms with van der Waals surface area (Å²) in [4.78, 5) is 6.55. The van der Waals surface area contributed by atoms with Crippen LogP contribution in [0.4, 0.5) is 0 Å². The summed E-state index contributed by atoms with van der Waals surface area (Å²) in [7, 11) is 0. The first kappa shape index (κ1) is 9.90. The number of aromatic nitrogens is 1. The SMILES string of the molecule is NC1CCN(Cc2cccc(Cl)n2)C1. The molecule has 0 bridgehead atoms. The minimum absolute atomic E-state index is 0.328. The summed E-state index contributed by atoms with van der Waals surface area (Å²) in [6.45, 7) is 2.89. The van der Waals surface area contributed by atoms with Gasteiger partial charge in [0.1, 0.15) is 5.15 Å². The van der Waals surface area contributed by atoms with Crippen LogP contribution in [-0.4, -0.2) is 29.0 Å². The lowest BCUT2D eigenvalue weighted by atomic mass is 10.3. The van der Waals surface area contributed by atoms with Gasteiger partial charge in [0.25, 0.3) is 0 Å². The Hall–Kier alpha value is -0.640. The Bertz CT molecular complexity index is 316. The molecule has 1 atom stereocenters. The van der Waals surface area contributed by atoms with Crippen LogP contribution < -0.4 is 5.73 Å². The highest BCUT2D eigenvalue weighted by molar-refractivity contribution is 6.29. The van der Waals surface area contributed by atoms with E-state index in [4.69, 9.17) is 17.3 Å². The molecule has 3 nitrogen and oxygen atoms in total. The molecule has 0 aromatic carbocycles. The number of pyridine rings is 1. The van der Waals surface area contributed by atoms with Crippen molar-refractivity contribution in [2.45, 2.75) is 19.0 Å². The topological polar surface area (TPSA) is 42.1 Å². The van der Waals surface area contributed by atoms with Crippen molar-refractivity contribution < 1.29 is 0 Å². The van der Waals surface area contributed by atoms with Gasteiger partial charge >= 0.3 is 0 Å². The fourth-order valence-corrected chi connectivity index (χ4v) is 1.95. The van der Waals surface area contributed by atoms with E-state index in [2.05, 4.69) is 9.88 Å². The highest BCUT2D eigenvalue weighted by atomic mass is 35.5. The van der Waals surface area contributed by atoms with Crippen LogP contribution in [0, 0.1) is 0 Å². The minimum atomic E-state index is 0.328. The second-order valence-corrected chi connectivity index (χ2v) is 4.12. The molecule has 14 heavy (non-hydrogen) atoms. The molecule has 0 spiro atoms. The van der Waals surface area contributed by atoms with Gasteiger partial charge in [-0.25, -0.2) is 4.98 Å². The molecule has 0 aliphatic carbocycles.